The summed E-state index contributed by atoms with van der Waals surface area (Å²) in [6.45, 7) is 7.63. The number of amides is 1. The Bertz CT molecular complexity index is 1350. The lowest BCUT2D eigenvalue weighted by atomic mass is 9.93. The molecule has 1 saturated heterocycles. The Kier molecular flexibility index (Phi) is 6.63. The highest BCUT2D eigenvalue weighted by Crippen LogP contribution is 2.34. The quantitative estimate of drug-likeness (QED) is 0.346. The Hall–Kier alpha value is -3.87. The molecule has 0 aliphatic carbocycles. The van der Waals surface area contributed by atoms with Crippen LogP contribution in [0.25, 0.3) is 22.2 Å². The third-order valence-electron chi connectivity index (χ3n) is 6.30. The summed E-state index contributed by atoms with van der Waals surface area (Å²) in [6.07, 6.45) is 2.41. The minimum atomic E-state index is -0.607. The van der Waals surface area contributed by atoms with E-state index in [-0.39, 0.29) is 6.04 Å². The molecule has 0 spiro atoms. The molecule has 0 saturated carbocycles. The SMILES string of the molecule is CC(C)(C)OC(=O)N[C@@H](Cc1cccc(N2CCCC2)n1)c1ccccc1-c1noc2ccccc12. The molecule has 2 aromatic carbocycles. The molecule has 4 aromatic rings. The van der Waals surface area contributed by atoms with Crippen LogP contribution in [0, 0.1) is 0 Å². The van der Waals surface area contributed by atoms with Crippen molar-refractivity contribution < 1.29 is 14.1 Å². The second kappa shape index (κ2) is 10.0. The van der Waals surface area contributed by atoms with E-state index in [0.29, 0.717) is 6.42 Å². The highest BCUT2D eigenvalue weighted by Gasteiger charge is 2.25. The van der Waals surface area contributed by atoms with Crippen LogP contribution in [-0.2, 0) is 11.2 Å². The van der Waals surface area contributed by atoms with Crippen molar-refractivity contribution in [2.75, 3.05) is 18.0 Å². The summed E-state index contributed by atoms with van der Waals surface area (Å²) < 4.78 is 11.2. The molecule has 1 aliphatic heterocycles. The first-order valence-electron chi connectivity index (χ1n) is 12.5. The second-order valence-electron chi connectivity index (χ2n) is 10.2. The van der Waals surface area contributed by atoms with Gasteiger partial charge >= 0.3 is 6.09 Å². The number of aromatic nitrogens is 2. The zero-order valence-electron chi connectivity index (χ0n) is 21.0. The lowest BCUT2D eigenvalue weighted by Gasteiger charge is -2.25. The smallest absolute Gasteiger partial charge is 0.408 e. The van der Waals surface area contributed by atoms with E-state index in [9.17, 15) is 4.79 Å². The molecular weight excluding hydrogens is 452 g/mol. The average molecular weight is 485 g/mol. The van der Waals surface area contributed by atoms with E-state index in [2.05, 4.69) is 21.4 Å². The number of hydrogen-bond donors (Lipinski definition) is 1. The lowest BCUT2D eigenvalue weighted by molar-refractivity contribution is 0.0503. The maximum Gasteiger partial charge on any atom is 0.408 e. The standard InChI is InChI=1S/C29H32N4O3/c1-29(2,3)35-28(34)31-24(19-20-11-10-16-26(30-20)33-17-8-9-18-33)21-12-4-5-13-22(21)27-23-14-6-7-15-25(23)36-32-27/h4-7,10-16,24H,8-9,17-19H2,1-3H3,(H,31,34)/t24-/m0/s1. The molecular formula is C29H32N4O3. The van der Waals surface area contributed by atoms with E-state index in [1.54, 1.807) is 0 Å². The fourth-order valence-electron chi connectivity index (χ4n) is 4.70. The van der Waals surface area contributed by atoms with E-state index >= 15 is 0 Å². The number of carbonyl (C=O) groups excluding carboxylic acids is 1. The molecule has 3 heterocycles. The number of nitrogens with one attached hydrogen (secondary N) is 1. The number of anilines is 1. The van der Waals surface area contributed by atoms with Crippen molar-refractivity contribution in [3.05, 3.63) is 78.0 Å². The normalized spacial score (nSPS) is 14.7. The fourth-order valence-corrected chi connectivity index (χ4v) is 4.70. The van der Waals surface area contributed by atoms with Crippen LogP contribution >= 0.6 is 0 Å². The number of pyridine rings is 1. The van der Waals surface area contributed by atoms with Crippen molar-refractivity contribution in [3.63, 3.8) is 0 Å². The second-order valence-corrected chi connectivity index (χ2v) is 10.2. The molecule has 7 nitrogen and oxygen atoms in total. The highest BCUT2D eigenvalue weighted by atomic mass is 16.6. The molecule has 186 valence electrons. The predicted molar refractivity (Wildman–Crippen MR) is 141 cm³/mol. The van der Waals surface area contributed by atoms with E-state index in [4.69, 9.17) is 14.2 Å². The first-order valence-corrected chi connectivity index (χ1v) is 12.5. The molecule has 1 N–H and O–H groups in total. The van der Waals surface area contributed by atoms with Crippen LogP contribution < -0.4 is 10.2 Å². The monoisotopic (exact) mass is 484 g/mol. The van der Waals surface area contributed by atoms with Gasteiger partial charge in [-0.1, -0.05) is 47.6 Å². The van der Waals surface area contributed by atoms with Crippen molar-refractivity contribution in [3.8, 4) is 11.3 Å². The third-order valence-corrected chi connectivity index (χ3v) is 6.30. The minimum Gasteiger partial charge on any atom is -0.444 e. The molecule has 7 heteroatoms. The van der Waals surface area contributed by atoms with Crippen LogP contribution in [0.4, 0.5) is 10.6 Å². The van der Waals surface area contributed by atoms with Crippen LogP contribution in [0.2, 0.25) is 0 Å². The lowest BCUT2D eigenvalue weighted by Crippen LogP contribution is -2.36. The number of carbonyl (C=O) groups is 1. The van der Waals surface area contributed by atoms with Crippen molar-refractivity contribution >= 4 is 22.9 Å². The molecule has 1 fully saturated rings. The highest BCUT2D eigenvalue weighted by molar-refractivity contribution is 5.92. The van der Waals surface area contributed by atoms with Gasteiger partial charge in [-0.05, 0) is 63.4 Å². The number of rotatable bonds is 6. The first-order chi connectivity index (χ1) is 17.4. The van der Waals surface area contributed by atoms with Gasteiger partial charge in [0, 0.05) is 36.2 Å². The number of alkyl carbamates (subject to hydrolysis) is 1. The van der Waals surface area contributed by atoms with Crippen LogP contribution in [0.15, 0.2) is 71.3 Å². The number of fused-ring (bicyclic) bond motifs is 1. The number of ether oxygens (including phenoxy) is 1. The summed E-state index contributed by atoms with van der Waals surface area (Å²) in [7, 11) is 0. The topological polar surface area (TPSA) is 80.5 Å². The maximum absolute atomic E-state index is 12.9. The molecule has 0 bridgehead atoms. The van der Waals surface area contributed by atoms with Gasteiger partial charge in [0.25, 0.3) is 0 Å². The van der Waals surface area contributed by atoms with Crippen molar-refractivity contribution in [2.24, 2.45) is 0 Å². The van der Waals surface area contributed by atoms with Gasteiger partial charge in [0.15, 0.2) is 5.58 Å². The summed E-state index contributed by atoms with van der Waals surface area (Å²) in [5, 5.41) is 8.41. The van der Waals surface area contributed by atoms with Crippen molar-refractivity contribution in [2.45, 2.75) is 51.7 Å². The molecule has 1 atom stereocenters. The Morgan fingerprint density at radius 2 is 1.78 bits per heavy atom. The van der Waals surface area contributed by atoms with Crippen LogP contribution in [0.1, 0.15) is 50.9 Å². The van der Waals surface area contributed by atoms with Gasteiger partial charge in [-0.3, -0.25) is 0 Å². The van der Waals surface area contributed by atoms with E-state index < -0.39 is 11.7 Å². The van der Waals surface area contributed by atoms with E-state index in [1.807, 2.05) is 81.4 Å². The number of para-hydroxylation sites is 1. The molecule has 36 heavy (non-hydrogen) atoms. The molecule has 0 radical (unpaired) electrons. The van der Waals surface area contributed by atoms with Crippen molar-refractivity contribution in [1.82, 2.24) is 15.5 Å². The average Bonchev–Trinajstić information content (AvgIpc) is 3.53. The van der Waals surface area contributed by atoms with Crippen LogP contribution in [0.3, 0.4) is 0 Å². The van der Waals surface area contributed by atoms with Crippen LogP contribution in [-0.4, -0.2) is 34.9 Å². The Balaban J connectivity index is 1.52. The van der Waals surface area contributed by atoms with E-state index in [0.717, 1.165) is 52.4 Å². The van der Waals surface area contributed by atoms with E-state index in [1.165, 1.54) is 12.8 Å². The molecule has 2 aromatic heterocycles. The zero-order valence-corrected chi connectivity index (χ0v) is 21.0. The molecule has 1 aliphatic rings. The Morgan fingerprint density at radius 3 is 2.58 bits per heavy atom. The predicted octanol–water partition coefficient (Wildman–Crippen LogP) is 6.30. The van der Waals surface area contributed by atoms with Gasteiger partial charge < -0.3 is 19.5 Å². The summed E-state index contributed by atoms with van der Waals surface area (Å²) in [5.41, 5.74) is 3.59. The number of nitrogens with zero attached hydrogens (tertiary/aromatic N) is 3. The van der Waals surface area contributed by atoms with Gasteiger partial charge in [0.05, 0.1) is 6.04 Å². The minimum absolute atomic E-state index is 0.382. The first kappa shape index (κ1) is 23.9. The largest absolute Gasteiger partial charge is 0.444 e. The fraction of sp³-hybridized carbons (Fsp3) is 0.345. The number of hydrogen-bond acceptors (Lipinski definition) is 6. The summed E-state index contributed by atoms with van der Waals surface area (Å²) in [6, 6.07) is 21.5. The summed E-state index contributed by atoms with van der Waals surface area (Å²) >= 11 is 0. The Morgan fingerprint density at radius 1 is 1.03 bits per heavy atom. The molecule has 1 amide bonds. The van der Waals surface area contributed by atoms with Crippen LogP contribution in [0.5, 0.6) is 0 Å². The molecule has 0 unspecified atom stereocenters. The van der Waals surface area contributed by atoms with Gasteiger partial charge in [-0.25, -0.2) is 9.78 Å². The van der Waals surface area contributed by atoms with Gasteiger partial charge in [-0.2, -0.15) is 0 Å². The van der Waals surface area contributed by atoms with Gasteiger partial charge in [0.2, 0.25) is 0 Å². The molecule has 5 rings (SSSR count). The van der Waals surface area contributed by atoms with Gasteiger partial charge in [-0.15, -0.1) is 0 Å². The third kappa shape index (κ3) is 5.35. The van der Waals surface area contributed by atoms with Crippen molar-refractivity contribution in [1.29, 1.82) is 0 Å². The zero-order chi connectivity index (χ0) is 25.1. The Labute approximate surface area is 211 Å². The summed E-state index contributed by atoms with van der Waals surface area (Å²) in [5.74, 6) is 0.983. The van der Waals surface area contributed by atoms with Gasteiger partial charge in [0.1, 0.15) is 17.1 Å². The summed E-state index contributed by atoms with van der Waals surface area (Å²) in [4.78, 5) is 20.2. The number of benzene rings is 2. The maximum atomic E-state index is 12.9.